The smallest absolute Gasteiger partial charge is 0.282 e. The lowest BCUT2D eigenvalue weighted by Gasteiger charge is -2.09. The number of hydrogen-bond acceptors (Lipinski definition) is 6. The fourth-order valence-electron chi connectivity index (χ4n) is 1.32. The van der Waals surface area contributed by atoms with E-state index in [1.807, 2.05) is 0 Å². The average molecular weight is 253 g/mol. The Labute approximate surface area is 105 Å². The quantitative estimate of drug-likeness (QED) is 0.451. The molecule has 0 saturated heterocycles. The van der Waals surface area contributed by atoms with Crippen molar-refractivity contribution in [2.24, 2.45) is 5.10 Å². The fourth-order valence-corrected chi connectivity index (χ4v) is 1.32. The predicted molar refractivity (Wildman–Crippen MR) is 67.5 cm³/mol. The molecule has 0 fully saturated rings. The van der Waals surface area contributed by atoms with E-state index in [0.717, 1.165) is 0 Å². The standard InChI is InChI=1S/C11H15N3O4/c1-13(2)12-7-8-5-10(17-3)11(18-4)6-9(8)14(15)16/h5-7H,1-4H3/b12-7+. The molecule has 0 bridgehead atoms. The zero-order valence-electron chi connectivity index (χ0n) is 10.7. The van der Waals surface area contributed by atoms with Crippen molar-refractivity contribution in [3.8, 4) is 11.5 Å². The minimum atomic E-state index is -0.487. The molecule has 0 N–H and O–H groups in total. The second-order valence-electron chi connectivity index (χ2n) is 3.61. The Morgan fingerprint density at radius 3 is 2.28 bits per heavy atom. The van der Waals surface area contributed by atoms with Gasteiger partial charge in [-0.3, -0.25) is 10.1 Å². The van der Waals surface area contributed by atoms with Crippen LogP contribution in [0, 0.1) is 10.1 Å². The summed E-state index contributed by atoms with van der Waals surface area (Å²) in [4.78, 5) is 10.5. The van der Waals surface area contributed by atoms with Crippen LogP contribution in [0.5, 0.6) is 11.5 Å². The Hall–Kier alpha value is -2.31. The lowest BCUT2D eigenvalue weighted by Crippen LogP contribution is -2.04. The fraction of sp³-hybridized carbons (Fsp3) is 0.364. The maximum absolute atomic E-state index is 11.0. The monoisotopic (exact) mass is 253 g/mol. The Balaban J connectivity index is 3.33. The first-order chi connectivity index (χ1) is 8.49. The van der Waals surface area contributed by atoms with Crippen molar-refractivity contribution in [3.05, 3.63) is 27.8 Å². The zero-order chi connectivity index (χ0) is 13.7. The zero-order valence-corrected chi connectivity index (χ0v) is 10.7. The molecule has 0 saturated carbocycles. The largest absolute Gasteiger partial charge is 0.493 e. The minimum absolute atomic E-state index is 0.0850. The number of nitrogens with zero attached hydrogens (tertiary/aromatic N) is 3. The third-order valence-electron chi connectivity index (χ3n) is 2.16. The molecule has 0 amide bonds. The summed E-state index contributed by atoms with van der Waals surface area (Å²) in [5.41, 5.74) is 0.268. The van der Waals surface area contributed by atoms with Gasteiger partial charge in [-0.2, -0.15) is 5.10 Å². The normalized spacial score (nSPS) is 10.4. The van der Waals surface area contributed by atoms with Crippen LogP contribution in [0.25, 0.3) is 0 Å². The lowest BCUT2D eigenvalue weighted by atomic mass is 10.1. The van der Waals surface area contributed by atoms with E-state index in [1.165, 1.54) is 32.6 Å². The molecule has 0 aliphatic carbocycles. The maximum Gasteiger partial charge on any atom is 0.282 e. The van der Waals surface area contributed by atoms with Gasteiger partial charge in [-0.05, 0) is 6.07 Å². The number of hydrogen-bond donors (Lipinski definition) is 0. The number of hydrazone groups is 1. The van der Waals surface area contributed by atoms with Crippen molar-refractivity contribution in [1.82, 2.24) is 5.01 Å². The van der Waals surface area contributed by atoms with Gasteiger partial charge in [0.2, 0.25) is 0 Å². The van der Waals surface area contributed by atoms with E-state index in [0.29, 0.717) is 17.1 Å². The summed E-state index contributed by atoms with van der Waals surface area (Å²) in [6.07, 6.45) is 1.40. The van der Waals surface area contributed by atoms with E-state index in [1.54, 1.807) is 19.1 Å². The summed E-state index contributed by atoms with van der Waals surface area (Å²) in [6.45, 7) is 0. The first-order valence-electron chi connectivity index (χ1n) is 5.11. The van der Waals surface area contributed by atoms with E-state index in [-0.39, 0.29) is 5.69 Å². The molecule has 0 spiro atoms. The van der Waals surface area contributed by atoms with Gasteiger partial charge in [0.25, 0.3) is 5.69 Å². The molecule has 7 nitrogen and oxygen atoms in total. The van der Waals surface area contributed by atoms with Gasteiger partial charge in [-0.15, -0.1) is 0 Å². The Kier molecular flexibility index (Phi) is 4.47. The van der Waals surface area contributed by atoms with E-state index in [4.69, 9.17) is 9.47 Å². The van der Waals surface area contributed by atoms with Crippen LogP contribution < -0.4 is 9.47 Å². The van der Waals surface area contributed by atoms with Gasteiger partial charge in [0, 0.05) is 14.1 Å². The van der Waals surface area contributed by atoms with Gasteiger partial charge in [0.05, 0.1) is 37.0 Å². The van der Waals surface area contributed by atoms with Crippen LogP contribution in [0.15, 0.2) is 17.2 Å². The van der Waals surface area contributed by atoms with Crippen LogP contribution in [0.1, 0.15) is 5.56 Å². The third-order valence-corrected chi connectivity index (χ3v) is 2.16. The van der Waals surface area contributed by atoms with Crippen molar-refractivity contribution >= 4 is 11.9 Å². The molecule has 18 heavy (non-hydrogen) atoms. The molecule has 7 heteroatoms. The number of ether oxygens (including phenoxy) is 2. The molecule has 0 aromatic heterocycles. The van der Waals surface area contributed by atoms with Crippen LogP contribution in [-0.2, 0) is 0 Å². The van der Waals surface area contributed by atoms with Crippen LogP contribution in [0.2, 0.25) is 0 Å². The number of nitro benzene ring substituents is 1. The molecule has 0 heterocycles. The lowest BCUT2D eigenvalue weighted by molar-refractivity contribution is -0.385. The molecular formula is C11H15N3O4. The SMILES string of the molecule is COc1cc(/C=N/N(C)C)c([N+](=O)[O-])cc1OC. The molecule has 1 rings (SSSR count). The highest BCUT2D eigenvalue weighted by Crippen LogP contribution is 2.33. The van der Waals surface area contributed by atoms with Gasteiger partial charge in [-0.1, -0.05) is 0 Å². The summed E-state index contributed by atoms with van der Waals surface area (Å²) in [7, 11) is 6.35. The van der Waals surface area contributed by atoms with Gasteiger partial charge < -0.3 is 14.5 Å². The van der Waals surface area contributed by atoms with Crippen molar-refractivity contribution in [3.63, 3.8) is 0 Å². The number of nitro groups is 1. The molecule has 0 aliphatic rings. The number of benzene rings is 1. The van der Waals surface area contributed by atoms with Crippen LogP contribution in [0.3, 0.4) is 0 Å². The maximum atomic E-state index is 11.0. The summed E-state index contributed by atoms with van der Waals surface area (Å²) in [5.74, 6) is 0.731. The molecular weight excluding hydrogens is 238 g/mol. The second-order valence-corrected chi connectivity index (χ2v) is 3.61. The minimum Gasteiger partial charge on any atom is -0.493 e. The molecule has 0 radical (unpaired) electrons. The predicted octanol–water partition coefficient (Wildman–Crippen LogP) is 1.51. The van der Waals surface area contributed by atoms with Crippen LogP contribution in [0.4, 0.5) is 5.69 Å². The third kappa shape index (κ3) is 3.09. The Bertz CT molecular complexity index is 472. The number of methoxy groups -OCH3 is 2. The van der Waals surface area contributed by atoms with Gasteiger partial charge >= 0.3 is 0 Å². The van der Waals surface area contributed by atoms with E-state index in [2.05, 4.69) is 5.10 Å². The first-order valence-corrected chi connectivity index (χ1v) is 5.11. The van der Waals surface area contributed by atoms with Crippen molar-refractivity contribution < 1.29 is 14.4 Å². The molecule has 98 valence electrons. The molecule has 0 atom stereocenters. The van der Waals surface area contributed by atoms with Gasteiger partial charge in [0.1, 0.15) is 0 Å². The molecule has 0 unspecified atom stereocenters. The summed E-state index contributed by atoms with van der Waals surface area (Å²) >= 11 is 0. The average Bonchev–Trinajstić information content (AvgIpc) is 2.34. The summed E-state index contributed by atoms with van der Waals surface area (Å²) < 4.78 is 10.1. The van der Waals surface area contributed by atoms with E-state index in [9.17, 15) is 10.1 Å². The van der Waals surface area contributed by atoms with E-state index < -0.39 is 4.92 Å². The van der Waals surface area contributed by atoms with Crippen molar-refractivity contribution in [1.29, 1.82) is 0 Å². The highest BCUT2D eigenvalue weighted by atomic mass is 16.6. The van der Waals surface area contributed by atoms with E-state index >= 15 is 0 Å². The topological polar surface area (TPSA) is 77.2 Å². The summed E-state index contributed by atoms with van der Waals surface area (Å²) in [5, 5.41) is 16.5. The van der Waals surface area contributed by atoms with Gasteiger partial charge in [0.15, 0.2) is 11.5 Å². The van der Waals surface area contributed by atoms with Crippen molar-refractivity contribution in [2.45, 2.75) is 0 Å². The molecule has 1 aromatic rings. The highest BCUT2D eigenvalue weighted by Gasteiger charge is 2.18. The Morgan fingerprint density at radius 2 is 1.83 bits per heavy atom. The highest BCUT2D eigenvalue weighted by molar-refractivity contribution is 5.86. The Morgan fingerprint density at radius 1 is 1.28 bits per heavy atom. The first kappa shape index (κ1) is 13.8. The molecule has 0 aliphatic heterocycles. The second kappa shape index (κ2) is 5.85. The number of rotatable bonds is 5. The van der Waals surface area contributed by atoms with Gasteiger partial charge in [-0.25, -0.2) is 0 Å². The van der Waals surface area contributed by atoms with Crippen LogP contribution >= 0.6 is 0 Å². The van der Waals surface area contributed by atoms with Crippen LogP contribution in [-0.4, -0.2) is 44.5 Å². The summed E-state index contributed by atoms with van der Waals surface area (Å²) in [6, 6.07) is 2.83. The van der Waals surface area contributed by atoms with Crippen molar-refractivity contribution in [2.75, 3.05) is 28.3 Å². The molecule has 1 aromatic carbocycles.